The molecule has 0 radical (unpaired) electrons. The summed E-state index contributed by atoms with van der Waals surface area (Å²) < 4.78 is 36.3. The van der Waals surface area contributed by atoms with Gasteiger partial charge >= 0.3 is 0 Å². The van der Waals surface area contributed by atoms with Crippen LogP contribution in [0.25, 0.3) is 76.8 Å². The summed E-state index contributed by atoms with van der Waals surface area (Å²) in [7, 11) is -3.97. The minimum Gasteiger partial charge on any atom is -0.309 e. The van der Waals surface area contributed by atoms with Crippen LogP contribution in [-0.2, 0) is 31.7 Å². The molecule has 1 atom stereocenters. The summed E-state index contributed by atoms with van der Waals surface area (Å²) in [5.74, 6) is 0.285. The lowest BCUT2D eigenvalue weighted by molar-refractivity contribution is 0.590. The van der Waals surface area contributed by atoms with Crippen LogP contribution in [0.15, 0.2) is 132 Å². The lowest BCUT2D eigenvalue weighted by Gasteiger charge is -2.19. The van der Waals surface area contributed by atoms with Gasteiger partial charge in [0.1, 0.15) is 0 Å². The molecule has 3 heterocycles. The Morgan fingerprint density at radius 1 is 0.431 bits per heavy atom. The third-order valence-corrected chi connectivity index (χ3v) is 15.8. The predicted molar refractivity (Wildman–Crippen MR) is 278 cm³/mol. The van der Waals surface area contributed by atoms with E-state index in [1.165, 1.54) is 43.8 Å². The molecule has 9 aromatic rings. The largest absolute Gasteiger partial charge is 0.309 e. The molecule has 0 spiro atoms. The number of hydrogen-bond donors (Lipinski definition) is 0. The van der Waals surface area contributed by atoms with E-state index in [4.69, 9.17) is 0 Å². The molecule has 0 bridgehead atoms. The van der Waals surface area contributed by atoms with Crippen molar-refractivity contribution < 1.29 is 8.42 Å². The van der Waals surface area contributed by atoms with Gasteiger partial charge in [0, 0.05) is 43.7 Å². The fraction of sp³-hybridized carbons (Fsp3) is 0.322. The summed E-state index contributed by atoms with van der Waals surface area (Å²) in [6.45, 7) is 29.3. The lowest BCUT2D eigenvalue weighted by Crippen LogP contribution is -2.15. The Hall–Kier alpha value is -5.85. The van der Waals surface area contributed by atoms with Crippen molar-refractivity contribution in [2.45, 2.75) is 118 Å². The second-order valence-corrected chi connectivity index (χ2v) is 24.7. The first-order valence-corrected chi connectivity index (χ1v) is 24.8. The van der Waals surface area contributed by atoms with Crippen molar-refractivity contribution in [3.8, 4) is 11.4 Å². The molecule has 65 heavy (non-hydrogen) atoms. The standard InChI is InChI=1S/C59H63N3O2S/c1-36-14-22-43(23-15-36)65(63,64)62-54-28-20-41(60-50-24-16-37(56(2,3)4)30-44(50)45-31-38(57(5,6)7)17-25-51(45)60)34-48(54)49-35-42(21-29-55(49)62)61-52-26-18-39(58(8,9)10)32-46(52)47-33-40(59(11,12)13)19-27-53(47)61/h14,16-36H,15H2,1-13H3. The molecule has 6 aromatic carbocycles. The number of rotatable bonds is 4. The van der Waals surface area contributed by atoms with Gasteiger partial charge in [-0.1, -0.05) is 126 Å². The molecule has 0 amide bonds. The quantitative estimate of drug-likeness (QED) is 0.177. The molecular formula is C59H63N3O2S. The van der Waals surface area contributed by atoms with Gasteiger partial charge in [0.15, 0.2) is 0 Å². The molecule has 0 fully saturated rings. The van der Waals surface area contributed by atoms with Gasteiger partial charge in [0.2, 0.25) is 0 Å². The summed E-state index contributed by atoms with van der Waals surface area (Å²) >= 11 is 0. The summed E-state index contributed by atoms with van der Waals surface area (Å²) in [5, 5.41) is 6.63. The minimum atomic E-state index is -3.97. The number of allylic oxidation sites excluding steroid dienone is 3. The first kappa shape index (κ1) is 43.1. The van der Waals surface area contributed by atoms with Gasteiger partial charge in [-0.2, -0.15) is 0 Å². The highest BCUT2D eigenvalue weighted by Gasteiger charge is 2.28. The molecule has 10 rings (SSSR count). The van der Waals surface area contributed by atoms with Crippen LogP contribution in [0.3, 0.4) is 0 Å². The minimum absolute atomic E-state index is 0.0185. The van der Waals surface area contributed by atoms with Gasteiger partial charge in [-0.25, -0.2) is 12.4 Å². The fourth-order valence-corrected chi connectivity index (χ4v) is 11.6. The Balaban J connectivity index is 1.28. The summed E-state index contributed by atoms with van der Waals surface area (Å²) in [4.78, 5) is 0.334. The van der Waals surface area contributed by atoms with Crippen LogP contribution >= 0.6 is 0 Å². The van der Waals surface area contributed by atoms with E-state index in [1.807, 2.05) is 24.3 Å². The van der Waals surface area contributed by atoms with E-state index in [0.29, 0.717) is 22.4 Å². The highest BCUT2D eigenvalue weighted by molar-refractivity contribution is 7.94. The smallest absolute Gasteiger partial charge is 0.268 e. The lowest BCUT2D eigenvalue weighted by atomic mass is 9.85. The van der Waals surface area contributed by atoms with Crippen molar-refractivity contribution in [2.24, 2.45) is 5.92 Å². The molecule has 0 aliphatic heterocycles. The number of nitrogens with zero attached hydrogens (tertiary/aromatic N) is 3. The van der Waals surface area contributed by atoms with Crippen LogP contribution in [0.1, 0.15) is 119 Å². The Bertz CT molecular complexity index is 3280. The van der Waals surface area contributed by atoms with Crippen LogP contribution in [0.4, 0.5) is 0 Å². The zero-order valence-corrected chi connectivity index (χ0v) is 41.3. The van der Waals surface area contributed by atoms with Gasteiger partial charge in [0.05, 0.1) is 38.0 Å². The SMILES string of the molecule is CC1C=CC(S(=O)(=O)n2c3ccc(-n4c5ccc(C(C)(C)C)cc5c5cc(C(C)(C)C)ccc54)cc3c3cc(-n4c5ccc(C(C)(C)C)cc5c5cc(C(C)(C)C)ccc54)ccc32)=CC1. The third-order valence-electron chi connectivity index (χ3n) is 14.0. The maximum atomic E-state index is 15.0. The Morgan fingerprint density at radius 2 is 0.738 bits per heavy atom. The van der Waals surface area contributed by atoms with Crippen molar-refractivity contribution in [1.82, 2.24) is 13.1 Å². The van der Waals surface area contributed by atoms with E-state index < -0.39 is 10.0 Å². The van der Waals surface area contributed by atoms with Crippen molar-refractivity contribution in [3.05, 3.63) is 155 Å². The van der Waals surface area contributed by atoms with Crippen molar-refractivity contribution in [2.75, 3.05) is 0 Å². The molecule has 0 N–H and O–H groups in total. The molecule has 1 aliphatic carbocycles. The van der Waals surface area contributed by atoms with E-state index in [2.05, 4.69) is 196 Å². The van der Waals surface area contributed by atoms with Crippen molar-refractivity contribution in [1.29, 1.82) is 0 Å². The fourth-order valence-electron chi connectivity index (χ4n) is 9.97. The van der Waals surface area contributed by atoms with E-state index in [1.54, 1.807) is 10.0 Å². The van der Waals surface area contributed by atoms with Crippen LogP contribution < -0.4 is 0 Å². The second kappa shape index (κ2) is 14.3. The summed E-state index contributed by atoms with van der Waals surface area (Å²) in [5.41, 5.74) is 12.9. The topological polar surface area (TPSA) is 48.9 Å². The third kappa shape index (κ3) is 6.97. The van der Waals surface area contributed by atoms with Gasteiger partial charge in [-0.05, 0) is 147 Å². The van der Waals surface area contributed by atoms with E-state index in [0.717, 1.165) is 44.2 Å². The van der Waals surface area contributed by atoms with Crippen LogP contribution in [-0.4, -0.2) is 21.5 Å². The van der Waals surface area contributed by atoms with Gasteiger partial charge in [0.25, 0.3) is 10.0 Å². The summed E-state index contributed by atoms with van der Waals surface area (Å²) in [6, 6.07) is 40.3. The Kier molecular flexibility index (Phi) is 9.49. The van der Waals surface area contributed by atoms with Crippen LogP contribution in [0.5, 0.6) is 0 Å². The zero-order chi connectivity index (χ0) is 46.3. The molecular weight excluding hydrogens is 815 g/mol. The van der Waals surface area contributed by atoms with E-state index in [-0.39, 0.29) is 27.6 Å². The molecule has 1 unspecified atom stereocenters. The van der Waals surface area contributed by atoms with Gasteiger partial charge in [-0.15, -0.1) is 0 Å². The first-order chi connectivity index (χ1) is 30.4. The zero-order valence-electron chi connectivity index (χ0n) is 40.5. The van der Waals surface area contributed by atoms with Crippen molar-refractivity contribution in [3.63, 3.8) is 0 Å². The highest BCUT2D eigenvalue weighted by atomic mass is 32.2. The van der Waals surface area contributed by atoms with E-state index >= 15 is 0 Å². The van der Waals surface area contributed by atoms with E-state index in [9.17, 15) is 8.42 Å². The normalized spacial score (nSPS) is 15.7. The predicted octanol–water partition coefficient (Wildman–Crippen LogP) is 15.8. The molecule has 0 saturated heterocycles. The second-order valence-electron chi connectivity index (χ2n) is 22.9. The number of aromatic nitrogens is 3. The molecule has 5 nitrogen and oxygen atoms in total. The Labute approximate surface area is 385 Å². The average molecular weight is 878 g/mol. The number of hydrogen-bond acceptors (Lipinski definition) is 2. The van der Waals surface area contributed by atoms with Crippen molar-refractivity contribution >= 4 is 75.4 Å². The summed E-state index contributed by atoms with van der Waals surface area (Å²) in [6.07, 6.45) is 6.36. The van der Waals surface area contributed by atoms with Gasteiger partial charge < -0.3 is 9.13 Å². The number of benzene rings is 6. The highest BCUT2D eigenvalue weighted by Crippen LogP contribution is 2.43. The molecule has 0 saturated carbocycles. The average Bonchev–Trinajstić information content (AvgIpc) is 3.86. The van der Waals surface area contributed by atoms with Gasteiger partial charge in [-0.3, -0.25) is 0 Å². The van der Waals surface area contributed by atoms with Crippen LogP contribution in [0, 0.1) is 5.92 Å². The van der Waals surface area contributed by atoms with Crippen LogP contribution in [0.2, 0.25) is 0 Å². The number of fused-ring (bicyclic) bond motifs is 9. The monoisotopic (exact) mass is 877 g/mol. The Morgan fingerprint density at radius 3 is 1.03 bits per heavy atom. The molecule has 332 valence electrons. The molecule has 1 aliphatic rings. The maximum Gasteiger partial charge on any atom is 0.268 e. The maximum absolute atomic E-state index is 15.0. The molecule has 6 heteroatoms. The first-order valence-electron chi connectivity index (χ1n) is 23.3. The molecule has 3 aromatic heterocycles.